The smallest absolute Gasteiger partial charge is 0.264 e. The summed E-state index contributed by atoms with van der Waals surface area (Å²) in [7, 11) is -4.12. The number of rotatable bonds is 9. The summed E-state index contributed by atoms with van der Waals surface area (Å²) in [6, 6.07) is 18.0. The third-order valence-electron chi connectivity index (χ3n) is 6.44. The molecule has 3 aromatic rings. The largest absolute Gasteiger partial charge is 0.350 e. The molecule has 3 aromatic carbocycles. The Bertz CT molecular complexity index is 1460. The van der Waals surface area contributed by atoms with Gasteiger partial charge in [0, 0.05) is 17.1 Å². The number of carbonyl (C=O) groups excluding carboxylic acids is 2. The standard InChI is InChI=1S/C31H38ClN3O4S/c1-21-8-15-27(16-9-21)40(38,39)35(28-17-10-22(2)18-23(28)3)20-29(36)34(19-25-11-13-26(32)14-12-25)24(4)30(37)33-31(5,6)7/h8-18,24H,19-20H2,1-7H3,(H,33,37). The van der Waals surface area contributed by atoms with Gasteiger partial charge in [-0.1, -0.05) is 59.1 Å². The van der Waals surface area contributed by atoms with Crippen molar-refractivity contribution in [3.05, 3.63) is 94.0 Å². The highest BCUT2D eigenvalue weighted by Gasteiger charge is 2.33. The fourth-order valence-electron chi connectivity index (χ4n) is 4.28. The number of halogens is 1. The number of nitrogens with one attached hydrogen (secondary N) is 1. The molecule has 214 valence electrons. The summed E-state index contributed by atoms with van der Waals surface area (Å²) < 4.78 is 29.1. The lowest BCUT2D eigenvalue weighted by molar-refractivity contribution is -0.140. The molecule has 0 saturated heterocycles. The minimum absolute atomic E-state index is 0.0775. The van der Waals surface area contributed by atoms with E-state index in [-0.39, 0.29) is 17.3 Å². The molecule has 2 amide bonds. The van der Waals surface area contributed by atoms with Crippen LogP contribution in [0.1, 0.15) is 49.9 Å². The Kier molecular flexibility index (Phi) is 9.69. The van der Waals surface area contributed by atoms with Crippen molar-refractivity contribution in [1.29, 1.82) is 0 Å². The molecule has 9 heteroatoms. The lowest BCUT2D eigenvalue weighted by Crippen LogP contribution is -2.54. The van der Waals surface area contributed by atoms with Crippen molar-refractivity contribution >= 4 is 39.1 Å². The fraction of sp³-hybridized carbons (Fsp3) is 0.355. The normalized spacial score (nSPS) is 12.5. The monoisotopic (exact) mass is 583 g/mol. The molecule has 0 radical (unpaired) electrons. The van der Waals surface area contributed by atoms with E-state index < -0.39 is 34.1 Å². The summed E-state index contributed by atoms with van der Waals surface area (Å²) in [6.45, 7) is 12.4. The zero-order valence-electron chi connectivity index (χ0n) is 24.2. The van der Waals surface area contributed by atoms with E-state index in [2.05, 4.69) is 5.32 Å². The van der Waals surface area contributed by atoms with E-state index in [0.29, 0.717) is 16.3 Å². The predicted octanol–water partition coefficient (Wildman–Crippen LogP) is 5.79. The highest BCUT2D eigenvalue weighted by Crippen LogP contribution is 2.28. The Labute approximate surface area is 243 Å². The van der Waals surface area contributed by atoms with Crippen LogP contribution in [0, 0.1) is 20.8 Å². The Balaban J connectivity index is 2.07. The van der Waals surface area contributed by atoms with Gasteiger partial charge in [0.25, 0.3) is 10.0 Å². The quantitative estimate of drug-likeness (QED) is 0.345. The number of sulfonamides is 1. The molecule has 0 fully saturated rings. The van der Waals surface area contributed by atoms with E-state index in [9.17, 15) is 18.0 Å². The molecule has 1 N–H and O–H groups in total. The van der Waals surface area contributed by atoms with E-state index in [1.54, 1.807) is 49.4 Å². The van der Waals surface area contributed by atoms with Gasteiger partial charge in [0.15, 0.2) is 0 Å². The Hall–Kier alpha value is -3.36. The van der Waals surface area contributed by atoms with Crippen LogP contribution in [-0.2, 0) is 26.2 Å². The maximum atomic E-state index is 14.0. The first-order chi connectivity index (χ1) is 18.6. The molecule has 0 aromatic heterocycles. The third kappa shape index (κ3) is 7.86. The van der Waals surface area contributed by atoms with Gasteiger partial charge in [-0.05, 0) is 89.9 Å². The maximum absolute atomic E-state index is 14.0. The Morgan fingerprint density at radius 2 is 1.48 bits per heavy atom. The summed E-state index contributed by atoms with van der Waals surface area (Å²) in [6.07, 6.45) is 0. The molecule has 40 heavy (non-hydrogen) atoms. The van der Waals surface area contributed by atoms with Gasteiger partial charge in [-0.3, -0.25) is 13.9 Å². The van der Waals surface area contributed by atoms with Crippen LogP contribution < -0.4 is 9.62 Å². The van der Waals surface area contributed by atoms with E-state index in [1.165, 1.54) is 17.0 Å². The molecular weight excluding hydrogens is 546 g/mol. The third-order valence-corrected chi connectivity index (χ3v) is 8.47. The molecule has 1 atom stereocenters. The van der Waals surface area contributed by atoms with Crippen LogP contribution in [0.25, 0.3) is 0 Å². The van der Waals surface area contributed by atoms with Gasteiger partial charge in [-0.15, -0.1) is 0 Å². The van der Waals surface area contributed by atoms with Crippen molar-refractivity contribution < 1.29 is 18.0 Å². The number of hydrogen-bond acceptors (Lipinski definition) is 4. The van der Waals surface area contributed by atoms with Crippen molar-refractivity contribution in [2.45, 2.75) is 71.5 Å². The first-order valence-electron chi connectivity index (χ1n) is 13.1. The molecule has 0 saturated carbocycles. The molecule has 7 nitrogen and oxygen atoms in total. The van der Waals surface area contributed by atoms with Gasteiger partial charge in [0.2, 0.25) is 11.8 Å². The zero-order valence-corrected chi connectivity index (χ0v) is 25.7. The second kappa shape index (κ2) is 12.4. The molecule has 1 unspecified atom stereocenters. The van der Waals surface area contributed by atoms with Crippen molar-refractivity contribution in [2.24, 2.45) is 0 Å². The predicted molar refractivity (Wildman–Crippen MR) is 161 cm³/mol. The van der Waals surface area contributed by atoms with Gasteiger partial charge in [0.05, 0.1) is 10.6 Å². The van der Waals surface area contributed by atoms with Crippen LogP contribution in [0.4, 0.5) is 5.69 Å². The molecule has 0 aliphatic rings. The molecule has 0 heterocycles. The van der Waals surface area contributed by atoms with Crippen molar-refractivity contribution in [2.75, 3.05) is 10.8 Å². The number of benzene rings is 3. The summed E-state index contributed by atoms with van der Waals surface area (Å²) in [5.74, 6) is -0.851. The molecule has 0 bridgehead atoms. The second-order valence-electron chi connectivity index (χ2n) is 11.2. The van der Waals surface area contributed by atoms with Gasteiger partial charge in [-0.25, -0.2) is 8.42 Å². The summed E-state index contributed by atoms with van der Waals surface area (Å²) in [5, 5.41) is 3.47. The number of aryl methyl sites for hydroxylation is 3. The number of anilines is 1. The molecule has 3 rings (SSSR count). The van der Waals surface area contributed by atoms with E-state index in [4.69, 9.17) is 11.6 Å². The van der Waals surface area contributed by atoms with Crippen molar-refractivity contribution in [3.63, 3.8) is 0 Å². The van der Waals surface area contributed by atoms with Crippen LogP contribution in [0.5, 0.6) is 0 Å². The minimum Gasteiger partial charge on any atom is -0.350 e. The average molecular weight is 584 g/mol. The highest BCUT2D eigenvalue weighted by atomic mass is 35.5. The summed E-state index contributed by atoms with van der Waals surface area (Å²) in [4.78, 5) is 28.7. The number of nitrogens with zero attached hydrogens (tertiary/aromatic N) is 2. The van der Waals surface area contributed by atoms with Crippen LogP contribution >= 0.6 is 11.6 Å². The fourth-order valence-corrected chi connectivity index (χ4v) is 5.88. The summed E-state index contributed by atoms with van der Waals surface area (Å²) >= 11 is 6.06. The Morgan fingerprint density at radius 3 is 2.02 bits per heavy atom. The second-order valence-corrected chi connectivity index (χ2v) is 13.5. The highest BCUT2D eigenvalue weighted by molar-refractivity contribution is 7.92. The van der Waals surface area contributed by atoms with E-state index in [1.807, 2.05) is 53.7 Å². The van der Waals surface area contributed by atoms with E-state index >= 15 is 0 Å². The molecule has 0 spiro atoms. The SMILES string of the molecule is Cc1ccc(S(=O)(=O)N(CC(=O)N(Cc2ccc(Cl)cc2)C(C)C(=O)NC(C)(C)C)c2ccc(C)cc2C)cc1. The maximum Gasteiger partial charge on any atom is 0.264 e. The van der Waals surface area contributed by atoms with Gasteiger partial charge < -0.3 is 10.2 Å². The lowest BCUT2D eigenvalue weighted by atomic mass is 10.1. The first-order valence-corrected chi connectivity index (χ1v) is 14.9. The van der Waals surface area contributed by atoms with Gasteiger partial charge in [0.1, 0.15) is 12.6 Å². The van der Waals surface area contributed by atoms with Crippen LogP contribution in [0.2, 0.25) is 5.02 Å². The number of hydrogen-bond donors (Lipinski definition) is 1. The van der Waals surface area contributed by atoms with Crippen molar-refractivity contribution in [3.8, 4) is 0 Å². The van der Waals surface area contributed by atoms with Gasteiger partial charge in [-0.2, -0.15) is 0 Å². The Morgan fingerprint density at radius 1 is 0.900 bits per heavy atom. The molecule has 0 aliphatic carbocycles. The molecule has 0 aliphatic heterocycles. The van der Waals surface area contributed by atoms with Crippen LogP contribution in [0.3, 0.4) is 0 Å². The minimum atomic E-state index is -4.12. The van der Waals surface area contributed by atoms with Gasteiger partial charge >= 0.3 is 0 Å². The van der Waals surface area contributed by atoms with E-state index in [0.717, 1.165) is 21.0 Å². The average Bonchev–Trinajstić information content (AvgIpc) is 2.86. The zero-order chi connectivity index (χ0) is 29.8. The van der Waals surface area contributed by atoms with Crippen molar-refractivity contribution in [1.82, 2.24) is 10.2 Å². The number of carbonyl (C=O) groups is 2. The summed E-state index contributed by atoms with van der Waals surface area (Å²) in [5.41, 5.74) is 3.25. The molecular formula is C31H38ClN3O4S. The van der Waals surface area contributed by atoms with Crippen LogP contribution in [-0.4, -0.2) is 43.3 Å². The topological polar surface area (TPSA) is 86.8 Å². The number of amides is 2. The first kappa shape index (κ1) is 31.2. The van der Waals surface area contributed by atoms with Crippen LogP contribution in [0.15, 0.2) is 71.6 Å². The lowest BCUT2D eigenvalue weighted by Gasteiger charge is -2.34.